The fourth-order valence-electron chi connectivity index (χ4n) is 3.79. The summed E-state index contributed by atoms with van der Waals surface area (Å²) in [6.07, 6.45) is 10.7. The van der Waals surface area contributed by atoms with Gasteiger partial charge in [-0.3, -0.25) is 4.90 Å². The van der Waals surface area contributed by atoms with E-state index < -0.39 is 0 Å². The van der Waals surface area contributed by atoms with Crippen molar-refractivity contribution in [1.82, 2.24) is 4.90 Å². The molecule has 3 heteroatoms. The Morgan fingerprint density at radius 3 is 2.75 bits per heavy atom. The van der Waals surface area contributed by atoms with E-state index in [1.54, 1.807) is 5.57 Å². The Hall–Kier alpha value is -0.640. The zero-order chi connectivity index (χ0) is 17.4. The quantitative estimate of drug-likeness (QED) is 0.606. The first-order chi connectivity index (χ1) is 11.5. The highest BCUT2D eigenvalue weighted by Gasteiger charge is 2.35. The van der Waals surface area contributed by atoms with Crippen LogP contribution in [0.3, 0.4) is 0 Å². The molecule has 0 aromatic rings. The van der Waals surface area contributed by atoms with Crippen LogP contribution < -0.4 is 0 Å². The molecule has 0 amide bonds. The summed E-state index contributed by atoms with van der Waals surface area (Å²) in [6.45, 7) is 14.7. The molecule has 3 nitrogen and oxygen atoms in total. The predicted octanol–water partition coefficient (Wildman–Crippen LogP) is 4.59. The zero-order valence-corrected chi connectivity index (χ0v) is 16.3. The molecule has 1 heterocycles. The average molecular weight is 336 g/mol. The van der Waals surface area contributed by atoms with Crippen LogP contribution in [0.4, 0.5) is 0 Å². The minimum absolute atomic E-state index is 0.00453. The summed E-state index contributed by atoms with van der Waals surface area (Å²) >= 11 is 0. The van der Waals surface area contributed by atoms with Crippen LogP contribution in [0, 0.1) is 5.92 Å². The molecule has 2 rings (SSSR count). The Morgan fingerprint density at radius 1 is 1.38 bits per heavy atom. The van der Waals surface area contributed by atoms with Gasteiger partial charge < -0.3 is 9.47 Å². The smallest absolute Gasteiger partial charge is 0.0689 e. The summed E-state index contributed by atoms with van der Waals surface area (Å²) < 4.78 is 12.0. The van der Waals surface area contributed by atoms with Crippen LogP contribution in [-0.4, -0.2) is 50.0 Å². The molecule has 0 spiro atoms. The molecule has 1 fully saturated rings. The summed E-state index contributed by atoms with van der Waals surface area (Å²) in [5, 5.41) is 0. The van der Waals surface area contributed by atoms with Crippen molar-refractivity contribution in [1.29, 1.82) is 0 Å². The van der Waals surface area contributed by atoms with E-state index >= 15 is 0 Å². The molecular weight excluding hydrogens is 298 g/mol. The third-order valence-corrected chi connectivity index (χ3v) is 5.64. The lowest BCUT2D eigenvalue weighted by atomic mass is 9.76. The summed E-state index contributed by atoms with van der Waals surface area (Å²) in [4.78, 5) is 2.46. The van der Waals surface area contributed by atoms with Crippen LogP contribution in [0.15, 0.2) is 23.3 Å². The number of allylic oxidation sites excluding steroid dienone is 4. The van der Waals surface area contributed by atoms with Gasteiger partial charge in [0, 0.05) is 19.6 Å². The highest BCUT2D eigenvalue weighted by molar-refractivity contribution is 5.06. The van der Waals surface area contributed by atoms with Crippen molar-refractivity contribution >= 4 is 0 Å². The van der Waals surface area contributed by atoms with E-state index in [1.165, 1.54) is 24.8 Å². The van der Waals surface area contributed by atoms with E-state index in [2.05, 4.69) is 44.7 Å². The average Bonchev–Trinajstić information content (AvgIpc) is 2.56. The Morgan fingerprint density at radius 2 is 2.12 bits per heavy atom. The molecule has 2 aliphatic rings. The summed E-state index contributed by atoms with van der Waals surface area (Å²) in [6, 6.07) is 0. The lowest BCUT2D eigenvalue weighted by Gasteiger charge is -2.40. The summed E-state index contributed by atoms with van der Waals surface area (Å²) in [7, 11) is 0. The molecule has 0 saturated carbocycles. The highest BCUT2D eigenvalue weighted by Crippen LogP contribution is 2.37. The first-order valence-corrected chi connectivity index (χ1v) is 9.72. The van der Waals surface area contributed by atoms with Gasteiger partial charge in [0.05, 0.1) is 25.4 Å². The molecule has 1 saturated heterocycles. The maximum Gasteiger partial charge on any atom is 0.0689 e. The Bertz CT molecular complexity index is 433. The molecule has 0 bridgehead atoms. The Labute approximate surface area is 149 Å². The topological polar surface area (TPSA) is 21.7 Å². The molecule has 2 atom stereocenters. The van der Waals surface area contributed by atoms with Crippen molar-refractivity contribution < 1.29 is 9.47 Å². The van der Waals surface area contributed by atoms with Crippen LogP contribution >= 0.6 is 0 Å². The van der Waals surface area contributed by atoms with Crippen LogP contribution in [0.25, 0.3) is 0 Å². The van der Waals surface area contributed by atoms with Gasteiger partial charge >= 0.3 is 0 Å². The molecular formula is C21H37NO2. The van der Waals surface area contributed by atoms with Gasteiger partial charge in [-0.25, -0.2) is 0 Å². The molecule has 1 aliphatic carbocycles. The fourth-order valence-corrected chi connectivity index (χ4v) is 3.79. The van der Waals surface area contributed by atoms with E-state index in [0.717, 1.165) is 52.3 Å². The molecule has 0 aromatic heterocycles. The van der Waals surface area contributed by atoms with Crippen molar-refractivity contribution in [3.05, 3.63) is 23.3 Å². The fraction of sp³-hybridized carbons (Fsp3) is 0.810. The molecule has 1 aliphatic heterocycles. The van der Waals surface area contributed by atoms with E-state index in [-0.39, 0.29) is 5.60 Å². The minimum atomic E-state index is -0.00453. The summed E-state index contributed by atoms with van der Waals surface area (Å²) in [5.41, 5.74) is 2.95. The third kappa shape index (κ3) is 6.34. The second-order valence-corrected chi connectivity index (χ2v) is 7.96. The second kappa shape index (κ2) is 9.74. The van der Waals surface area contributed by atoms with E-state index in [0.29, 0.717) is 5.92 Å². The number of ether oxygens (including phenoxy) is 2. The normalized spacial score (nSPS) is 25.0. The van der Waals surface area contributed by atoms with Crippen LogP contribution in [0.5, 0.6) is 0 Å². The van der Waals surface area contributed by atoms with Gasteiger partial charge in [-0.1, -0.05) is 23.3 Å². The molecule has 0 aromatic carbocycles. The predicted molar refractivity (Wildman–Crippen MR) is 101 cm³/mol. The molecule has 24 heavy (non-hydrogen) atoms. The summed E-state index contributed by atoms with van der Waals surface area (Å²) in [5.74, 6) is 0.649. The first kappa shape index (κ1) is 19.7. The van der Waals surface area contributed by atoms with Gasteiger partial charge in [0.2, 0.25) is 0 Å². The maximum absolute atomic E-state index is 6.55. The number of hydrogen-bond donors (Lipinski definition) is 0. The van der Waals surface area contributed by atoms with Crippen LogP contribution in [0.2, 0.25) is 0 Å². The molecule has 138 valence electrons. The van der Waals surface area contributed by atoms with Crippen molar-refractivity contribution in [2.45, 2.75) is 65.4 Å². The molecule has 2 unspecified atom stereocenters. The Kier molecular flexibility index (Phi) is 7.99. The standard InChI is InChI=1S/C21H37NO2/c1-18(2)6-5-11-21(4,20-9-7-19(3)8-10-20)24-17-14-22-12-15-23-16-13-22/h6-7,20H,5,8-17H2,1-4H3. The van der Waals surface area contributed by atoms with Crippen molar-refractivity contribution in [2.75, 3.05) is 39.5 Å². The highest BCUT2D eigenvalue weighted by atomic mass is 16.5. The van der Waals surface area contributed by atoms with Gasteiger partial charge in [0.25, 0.3) is 0 Å². The van der Waals surface area contributed by atoms with Gasteiger partial charge in [-0.15, -0.1) is 0 Å². The number of hydrogen-bond acceptors (Lipinski definition) is 3. The van der Waals surface area contributed by atoms with Gasteiger partial charge in [0.1, 0.15) is 0 Å². The van der Waals surface area contributed by atoms with E-state index in [1.807, 2.05) is 0 Å². The SMILES string of the molecule is CC(C)=CCCC(C)(OCCN1CCOCC1)C1CC=C(C)CC1. The van der Waals surface area contributed by atoms with Gasteiger partial charge in [0.15, 0.2) is 0 Å². The monoisotopic (exact) mass is 335 g/mol. The van der Waals surface area contributed by atoms with Crippen molar-refractivity contribution in [2.24, 2.45) is 5.92 Å². The lowest BCUT2D eigenvalue weighted by Crippen LogP contribution is -2.43. The minimum Gasteiger partial charge on any atom is -0.379 e. The van der Waals surface area contributed by atoms with E-state index in [4.69, 9.17) is 9.47 Å². The number of nitrogens with zero attached hydrogens (tertiary/aromatic N) is 1. The first-order valence-electron chi connectivity index (χ1n) is 9.72. The van der Waals surface area contributed by atoms with Crippen molar-refractivity contribution in [3.63, 3.8) is 0 Å². The lowest BCUT2D eigenvalue weighted by molar-refractivity contribution is -0.0908. The maximum atomic E-state index is 6.55. The van der Waals surface area contributed by atoms with Crippen molar-refractivity contribution in [3.8, 4) is 0 Å². The zero-order valence-electron chi connectivity index (χ0n) is 16.3. The number of rotatable bonds is 8. The largest absolute Gasteiger partial charge is 0.379 e. The van der Waals surface area contributed by atoms with Gasteiger partial charge in [-0.2, -0.15) is 0 Å². The van der Waals surface area contributed by atoms with Gasteiger partial charge in [-0.05, 0) is 65.7 Å². The third-order valence-electron chi connectivity index (χ3n) is 5.64. The molecule has 0 N–H and O–H groups in total. The van der Waals surface area contributed by atoms with Crippen LogP contribution in [-0.2, 0) is 9.47 Å². The Balaban J connectivity index is 1.89. The van der Waals surface area contributed by atoms with Crippen LogP contribution in [0.1, 0.15) is 59.8 Å². The number of morpholine rings is 1. The van der Waals surface area contributed by atoms with E-state index in [9.17, 15) is 0 Å². The second-order valence-electron chi connectivity index (χ2n) is 7.96. The molecule has 0 radical (unpaired) electrons.